The normalized spacial score (nSPS) is 12.8. The fourth-order valence-electron chi connectivity index (χ4n) is 9.78. The third-order valence-corrected chi connectivity index (χ3v) is 14.7. The van der Waals surface area contributed by atoms with Gasteiger partial charge in [-0.05, 0) is 83.5 Å². The Morgan fingerprint density at radius 1 is 0.394 bits per heavy atom. The van der Waals surface area contributed by atoms with Crippen LogP contribution >= 0.6 is 0 Å². The highest BCUT2D eigenvalue weighted by Gasteiger charge is 2.20. The van der Waals surface area contributed by atoms with E-state index in [4.69, 9.17) is 4.74 Å². The maximum atomic E-state index is 12.5. The van der Waals surface area contributed by atoms with E-state index in [1.807, 2.05) is 0 Å². The predicted octanol–water partition coefficient (Wildman–Crippen LogP) is 20.0. The number of ether oxygens (including phenoxy) is 1. The zero-order chi connectivity index (χ0) is 51.4. The summed E-state index contributed by atoms with van der Waals surface area (Å²) in [5.41, 5.74) is 0. The number of hydrogen-bond donors (Lipinski definition) is 3. The van der Waals surface area contributed by atoms with Gasteiger partial charge in [0, 0.05) is 12.8 Å². The SMILES string of the molecule is CCCCC/C=C\C/C=C\CCCCCCCCCCCC(=O)OCCCCCCCCCCC/C=C\CCCCCCCCCC(=O)NC(CO)C(O)CCCCCCCCCCCCCCCCC. The van der Waals surface area contributed by atoms with Gasteiger partial charge in [-0.2, -0.15) is 0 Å². The molecule has 418 valence electrons. The summed E-state index contributed by atoms with van der Waals surface area (Å²) in [5, 5.41) is 23.3. The van der Waals surface area contributed by atoms with Crippen molar-refractivity contribution < 1.29 is 24.5 Å². The molecule has 71 heavy (non-hydrogen) atoms. The highest BCUT2D eigenvalue weighted by Crippen LogP contribution is 2.17. The number of nitrogens with one attached hydrogen (secondary N) is 1. The lowest BCUT2D eigenvalue weighted by atomic mass is 10.0. The molecule has 0 heterocycles. The number of esters is 1. The molecule has 6 nitrogen and oxygen atoms in total. The number of amides is 1. The van der Waals surface area contributed by atoms with E-state index in [0.29, 0.717) is 25.9 Å². The maximum absolute atomic E-state index is 12.5. The van der Waals surface area contributed by atoms with Crippen LogP contribution in [0.4, 0.5) is 0 Å². The number of hydrogen-bond acceptors (Lipinski definition) is 5. The molecule has 0 saturated carbocycles. The summed E-state index contributed by atoms with van der Waals surface area (Å²) in [6.45, 7) is 4.93. The molecule has 6 heteroatoms. The van der Waals surface area contributed by atoms with Gasteiger partial charge in [-0.3, -0.25) is 9.59 Å². The van der Waals surface area contributed by atoms with Crippen molar-refractivity contribution in [2.45, 2.75) is 353 Å². The van der Waals surface area contributed by atoms with E-state index in [2.05, 4.69) is 55.6 Å². The van der Waals surface area contributed by atoms with Crippen molar-refractivity contribution in [2.24, 2.45) is 0 Å². The van der Waals surface area contributed by atoms with Gasteiger partial charge in [0.2, 0.25) is 5.91 Å². The second kappa shape index (κ2) is 60.6. The Balaban J connectivity index is 3.42. The average Bonchev–Trinajstić information content (AvgIpc) is 3.37. The Morgan fingerprint density at radius 3 is 1.11 bits per heavy atom. The Morgan fingerprint density at radius 2 is 0.704 bits per heavy atom. The summed E-state index contributed by atoms with van der Waals surface area (Å²) < 4.78 is 5.49. The second-order valence-electron chi connectivity index (χ2n) is 21.7. The fraction of sp³-hybridized carbons (Fsp3) is 0.877. The molecule has 0 fully saturated rings. The summed E-state index contributed by atoms with van der Waals surface area (Å²) in [4.78, 5) is 24.6. The van der Waals surface area contributed by atoms with E-state index in [9.17, 15) is 19.8 Å². The van der Waals surface area contributed by atoms with E-state index in [0.717, 1.165) is 51.4 Å². The van der Waals surface area contributed by atoms with Crippen molar-refractivity contribution in [3.05, 3.63) is 36.5 Å². The van der Waals surface area contributed by atoms with Crippen molar-refractivity contribution in [3.63, 3.8) is 0 Å². The van der Waals surface area contributed by atoms with Gasteiger partial charge in [0.25, 0.3) is 0 Å². The van der Waals surface area contributed by atoms with Crippen LogP contribution in [0.15, 0.2) is 36.5 Å². The highest BCUT2D eigenvalue weighted by molar-refractivity contribution is 5.76. The summed E-state index contributed by atoms with van der Waals surface area (Å²) in [7, 11) is 0. The second-order valence-corrected chi connectivity index (χ2v) is 21.7. The van der Waals surface area contributed by atoms with Crippen LogP contribution in [-0.2, 0) is 14.3 Å². The Labute approximate surface area is 443 Å². The van der Waals surface area contributed by atoms with Crippen LogP contribution in [0.1, 0.15) is 341 Å². The van der Waals surface area contributed by atoms with Crippen molar-refractivity contribution in [1.29, 1.82) is 0 Å². The van der Waals surface area contributed by atoms with Gasteiger partial charge in [-0.25, -0.2) is 0 Å². The summed E-state index contributed by atoms with van der Waals surface area (Å²) in [5.74, 6) is -0.0396. The molecule has 0 radical (unpaired) electrons. The summed E-state index contributed by atoms with van der Waals surface area (Å²) in [6, 6.07) is -0.548. The van der Waals surface area contributed by atoms with Crippen molar-refractivity contribution in [1.82, 2.24) is 5.32 Å². The minimum atomic E-state index is -0.670. The van der Waals surface area contributed by atoms with Crippen LogP contribution in [-0.4, -0.2) is 47.4 Å². The molecule has 0 aliphatic heterocycles. The Bertz CT molecular complexity index is 1150. The molecule has 2 unspecified atom stereocenters. The molecule has 0 spiro atoms. The van der Waals surface area contributed by atoms with Crippen LogP contribution in [0, 0.1) is 0 Å². The maximum Gasteiger partial charge on any atom is 0.305 e. The zero-order valence-corrected chi connectivity index (χ0v) is 47.7. The Kier molecular flexibility index (Phi) is 59.0. The van der Waals surface area contributed by atoms with Gasteiger partial charge < -0.3 is 20.3 Å². The Hall–Kier alpha value is -1.92. The van der Waals surface area contributed by atoms with E-state index in [1.165, 1.54) is 257 Å². The molecule has 0 aromatic heterocycles. The fourth-order valence-corrected chi connectivity index (χ4v) is 9.78. The number of carbonyl (C=O) groups is 2. The van der Waals surface area contributed by atoms with Gasteiger partial charge >= 0.3 is 5.97 Å². The third-order valence-electron chi connectivity index (χ3n) is 14.7. The van der Waals surface area contributed by atoms with E-state index < -0.39 is 12.1 Å². The van der Waals surface area contributed by atoms with Crippen molar-refractivity contribution in [3.8, 4) is 0 Å². The van der Waals surface area contributed by atoms with Crippen LogP contribution in [0.3, 0.4) is 0 Å². The lowest BCUT2D eigenvalue weighted by molar-refractivity contribution is -0.143. The zero-order valence-electron chi connectivity index (χ0n) is 47.7. The lowest BCUT2D eigenvalue weighted by Gasteiger charge is -2.22. The number of carbonyl (C=O) groups excluding carboxylic acids is 2. The van der Waals surface area contributed by atoms with E-state index >= 15 is 0 Å². The number of rotatable bonds is 59. The van der Waals surface area contributed by atoms with Crippen molar-refractivity contribution >= 4 is 11.9 Å². The van der Waals surface area contributed by atoms with Gasteiger partial charge in [0.15, 0.2) is 0 Å². The monoisotopic (exact) mass is 998 g/mol. The van der Waals surface area contributed by atoms with E-state index in [-0.39, 0.29) is 18.5 Å². The molecule has 0 aromatic carbocycles. The summed E-state index contributed by atoms with van der Waals surface area (Å²) >= 11 is 0. The van der Waals surface area contributed by atoms with Gasteiger partial charge in [-0.15, -0.1) is 0 Å². The third kappa shape index (κ3) is 57.2. The molecule has 2 atom stereocenters. The highest BCUT2D eigenvalue weighted by atomic mass is 16.5. The molecule has 0 bridgehead atoms. The van der Waals surface area contributed by atoms with Crippen LogP contribution in [0.2, 0.25) is 0 Å². The smallest absolute Gasteiger partial charge is 0.305 e. The molecule has 0 aromatic rings. The molecule has 0 aliphatic rings. The number of aliphatic hydroxyl groups excluding tert-OH is 2. The molecule has 3 N–H and O–H groups in total. The quantitative estimate of drug-likeness (QED) is 0.0321. The summed E-state index contributed by atoms with van der Waals surface area (Å²) in [6.07, 6.45) is 75.8. The molecule has 0 saturated heterocycles. The van der Waals surface area contributed by atoms with Crippen LogP contribution in [0.5, 0.6) is 0 Å². The first kappa shape index (κ1) is 69.1. The van der Waals surface area contributed by atoms with Crippen molar-refractivity contribution in [2.75, 3.05) is 13.2 Å². The van der Waals surface area contributed by atoms with Crippen LogP contribution < -0.4 is 5.32 Å². The van der Waals surface area contributed by atoms with Gasteiger partial charge in [-0.1, -0.05) is 281 Å². The molecular formula is C65H123NO5. The predicted molar refractivity (Wildman–Crippen MR) is 310 cm³/mol. The first-order chi connectivity index (χ1) is 35.0. The molecular weight excluding hydrogens is 875 g/mol. The van der Waals surface area contributed by atoms with Gasteiger partial charge in [0.1, 0.15) is 0 Å². The minimum Gasteiger partial charge on any atom is -0.466 e. The first-order valence-electron chi connectivity index (χ1n) is 31.7. The topological polar surface area (TPSA) is 95.9 Å². The molecule has 0 rings (SSSR count). The van der Waals surface area contributed by atoms with E-state index in [1.54, 1.807) is 0 Å². The molecule has 0 aliphatic carbocycles. The number of allylic oxidation sites excluding steroid dienone is 6. The average molecular weight is 999 g/mol. The van der Waals surface area contributed by atoms with Crippen LogP contribution in [0.25, 0.3) is 0 Å². The lowest BCUT2D eigenvalue weighted by Crippen LogP contribution is -2.45. The standard InChI is InChI=1S/C65H123NO5/c1-3-5-7-9-11-13-15-17-19-20-23-27-31-35-39-43-47-51-55-59-65(70)71-60-56-52-48-44-40-36-32-28-25-22-21-24-26-30-34-38-42-46-50-54-58-64(69)66-62(61-67)63(68)57-53-49-45-41-37-33-29-18-16-14-12-10-8-6-4-2/h11,13,17,19,21,24,62-63,67-68H,3-10,12,14-16,18,20,22-23,25-61H2,1-2H3,(H,66,69)/b13-11-,19-17-,24-21-. The number of aliphatic hydroxyl groups is 2. The minimum absolute atomic E-state index is 0.00271. The first-order valence-corrected chi connectivity index (χ1v) is 31.7. The number of unbranched alkanes of at least 4 members (excludes halogenated alkanes) is 42. The molecule has 1 amide bonds. The largest absolute Gasteiger partial charge is 0.466 e. The van der Waals surface area contributed by atoms with Gasteiger partial charge in [0.05, 0.1) is 25.4 Å².